The molecule has 7 nitrogen and oxygen atoms in total. The largest absolute Gasteiger partial charge is 0.378 e. The van der Waals surface area contributed by atoms with Crippen molar-refractivity contribution in [2.75, 3.05) is 62.3 Å². The first-order valence-corrected chi connectivity index (χ1v) is 9.96. The maximum atomic E-state index is 12.7. The van der Waals surface area contributed by atoms with E-state index in [9.17, 15) is 4.79 Å². The molecule has 2 saturated heterocycles. The van der Waals surface area contributed by atoms with Crippen molar-refractivity contribution in [3.05, 3.63) is 46.6 Å². The summed E-state index contributed by atoms with van der Waals surface area (Å²) in [5.41, 5.74) is 1.58. The van der Waals surface area contributed by atoms with Crippen molar-refractivity contribution in [2.24, 2.45) is 0 Å². The Morgan fingerprint density at radius 2 is 1.75 bits per heavy atom. The van der Waals surface area contributed by atoms with Crippen LogP contribution >= 0.6 is 11.6 Å². The Hall–Kier alpha value is -2.38. The Morgan fingerprint density at radius 1 is 1.00 bits per heavy atom. The highest BCUT2D eigenvalue weighted by Gasteiger charge is 2.24. The second-order valence-corrected chi connectivity index (χ2v) is 7.49. The molecule has 0 N–H and O–H groups in total. The summed E-state index contributed by atoms with van der Waals surface area (Å²) in [6.45, 7) is 7.82. The molecule has 28 heavy (non-hydrogen) atoms. The Labute approximate surface area is 169 Å². The van der Waals surface area contributed by atoms with Gasteiger partial charge < -0.3 is 19.4 Å². The first-order chi connectivity index (χ1) is 13.6. The summed E-state index contributed by atoms with van der Waals surface area (Å²) in [6.07, 6.45) is 0. The summed E-state index contributed by atoms with van der Waals surface area (Å²) in [7, 11) is 0. The summed E-state index contributed by atoms with van der Waals surface area (Å²) in [4.78, 5) is 28.4. The monoisotopic (exact) mass is 401 g/mol. The van der Waals surface area contributed by atoms with Crippen LogP contribution in [-0.4, -0.2) is 73.3 Å². The molecular weight excluding hydrogens is 378 g/mol. The van der Waals surface area contributed by atoms with Gasteiger partial charge in [0.05, 0.1) is 13.2 Å². The van der Waals surface area contributed by atoms with E-state index in [0.717, 1.165) is 43.8 Å². The second kappa shape index (κ2) is 8.32. The molecule has 0 radical (unpaired) electrons. The molecule has 0 bridgehead atoms. The number of aromatic nitrogens is 2. The molecule has 2 fully saturated rings. The van der Waals surface area contributed by atoms with Crippen LogP contribution in [0.2, 0.25) is 5.02 Å². The molecule has 1 aromatic carbocycles. The number of piperazine rings is 1. The van der Waals surface area contributed by atoms with Crippen LogP contribution in [0.3, 0.4) is 0 Å². The van der Waals surface area contributed by atoms with E-state index in [2.05, 4.69) is 14.8 Å². The number of carbonyl (C=O) groups is 1. The van der Waals surface area contributed by atoms with Crippen LogP contribution in [0.25, 0.3) is 0 Å². The van der Waals surface area contributed by atoms with Crippen LogP contribution in [0, 0.1) is 6.92 Å². The minimum atomic E-state index is 0.0151. The van der Waals surface area contributed by atoms with Gasteiger partial charge >= 0.3 is 0 Å². The molecule has 0 aliphatic carbocycles. The molecule has 148 valence electrons. The number of benzene rings is 1. The fraction of sp³-hybridized carbons (Fsp3) is 0.450. The summed E-state index contributed by atoms with van der Waals surface area (Å²) in [5.74, 6) is 1.70. The lowest BCUT2D eigenvalue weighted by Crippen LogP contribution is -2.49. The highest BCUT2D eigenvalue weighted by molar-refractivity contribution is 6.30. The van der Waals surface area contributed by atoms with Crippen molar-refractivity contribution in [1.82, 2.24) is 14.9 Å². The summed E-state index contributed by atoms with van der Waals surface area (Å²) >= 11 is 6.02. The Morgan fingerprint density at radius 3 is 2.46 bits per heavy atom. The number of halogens is 1. The molecule has 3 heterocycles. The predicted octanol–water partition coefficient (Wildman–Crippen LogP) is 2.24. The van der Waals surface area contributed by atoms with E-state index in [-0.39, 0.29) is 5.91 Å². The van der Waals surface area contributed by atoms with Crippen LogP contribution < -0.4 is 9.80 Å². The van der Waals surface area contributed by atoms with Gasteiger partial charge in [0, 0.05) is 61.6 Å². The van der Waals surface area contributed by atoms with E-state index in [4.69, 9.17) is 21.3 Å². The standard InChI is InChI=1S/C20H24ClN5O2/c1-15-13-18(24-9-11-28-12-10-24)23-20(22-15)26-7-5-25(6-8-26)19(27)16-3-2-4-17(21)14-16/h2-4,13-14H,5-12H2,1H3. The number of aryl methyl sites for hydroxylation is 1. The van der Waals surface area contributed by atoms with Crippen LogP contribution in [0.5, 0.6) is 0 Å². The molecule has 0 saturated carbocycles. The van der Waals surface area contributed by atoms with Crippen molar-refractivity contribution in [3.63, 3.8) is 0 Å². The zero-order chi connectivity index (χ0) is 19.5. The number of morpholine rings is 1. The average Bonchev–Trinajstić information content (AvgIpc) is 2.73. The second-order valence-electron chi connectivity index (χ2n) is 7.06. The van der Waals surface area contributed by atoms with Gasteiger partial charge in [0.2, 0.25) is 5.95 Å². The minimum absolute atomic E-state index is 0.0151. The van der Waals surface area contributed by atoms with Gasteiger partial charge in [0.15, 0.2) is 0 Å². The maximum absolute atomic E-state index is 12.7. The van der Waals surface area contributed by atoms with E-state index in [0.29, 0.717) is 36.8 Å². The molecule has 2 aromatic rings. The molecule has 1 aromatic heterocycles. The van der Waals surface area contributed by atoms with Gasteiger partial charge in [0.1, 0.15) is 5.82 Å². The smallest absolute Gasteiger partial charge is 0.254 e. The lowest BCUT2D eigenvalue weighted by Gasteiger charge is -2.35. The summed E-state index contributed by atoms with van der Waals surface area (Å²) < 4.78 is 5.43. The SMILES string of the molecule is Cc1cc(N2CCOCC2)nc(N2CCN(C(=O)c3cccc(Cl)c3)CC2)n1. The fourth-order valence-electron chi connectivity index (χ4n) is 3.55. The van der Waals surface area contributed by atoms with Crippen molar-refractivity contribution in [1.29, 1.82) is 0 Å². The lowest BCUT2D eigenvalue weighted by molar-refractivity contribution is 0.0746. The Kier molecular flexibility index (Phi) is 5.64. The Balaban J connectivity index is 1.43. The number of amides is 1. The number of carbonyl (C=O) groups excluding carboxylic acids is 1. The van der Waals surface area contributed by atoms with Gasteiger partial charge in [-0.2, -0.15) is 4.98 Å². The molecule has 0 spiro atoms. The van der Waals surface area contributed by atoms with Crippen molar-refractivity contribution < 1.29 is 9.53 Å². The number of rotatable bonds is 3. The summed E-state index contributed by atoms with van der Waals surface area (Å²) in [5, 5.41) is 0.577. The Bertz CT molecular complexity index is 848. The van der Waals surface area contributed by atoms with E-state index in [1.54, 1.807) is 24.3 Å². The minimum Gasteiger partial charge on any atom is -0.378 e. The molecule has 0 atom stereocenters. The third kappa shape index (κ3) is 4.20. The number of nitrogens with zero attached hydrogens (tertiary/aromatic N) is 5. The highest BCUT2D eigenvalue weighted by Crippen LogP contribution is 2.20. The zero-order valence-corrected chi connectivity index (χ0v) is 16.7. The lowest BCUT2D eigenvalue weighted by atomic mass is 10.2. The van der Waals surface area contributed by atoms with E-state index in [1.165, 1.54) is 0 Å². The van der Waals surface area contributed by atoms with Crippen LogP contribution in [-0.2, 0) is 4.74 Å². The molecular formula is C20H24ClN5O2. The first-order valence-electron chi connectivity index (χ1n) is 9.58. The maximum Gasteiger partial charge on any atom is 0.254 e. The van der Waals surface area contributed by atoms with E-state index < -0.39 is 0 Å². The molecule has 0 unspecified atom stereocenters. The van der Waals surface area contributed by atoms with Crippen molar-refractivity contribution >= 4 is 29.3 Å². The van der Waals surface area contributed by atoms with Gasteiger partial charge in [-0.05, 0) is 25.1 Å². The number of hydrogen-bond donors (Lipinski definition) is 0. The number of hydrogen-bond acceptors (Lipinski definition) is 6. The zero-order valence-electron chi connectivity index (χ0n) is 16.0. The summed E-state index contributed by atoms with van der Waals surface area (Å²) in [6, 6.07) is 9.12. The quantitative estimate of drug-likeness (QED) is 0.786. The van der Waals surface area contributed by atoms with Crippen LogP contribution in [0.4, 0.5) is 11.8 Å². The molecule has 2 aliphatic rings. The highest BCUT2D eigenvalue weighted by atomic mass is 35.5. The molecule has 4 rings (SSSR count). The normalized spacial score (nSPS) is 17.7. The van der Waals surface area contributed by atoms with Gasteiger partial charge in [-0.1, -0.05) is 17.7 Å². The van der Waals surface area contributed by atoms with Crippen LogP contribution in [0.1, 0.15) is 16.1 Å². The molecule has 2 aliphatic heterocycles. The molecule has 1 amide bonds. The van der Waals surface area contributed by atoms with Gasteiger partial charge in [0.25, 0.3) is 5.91 Å². The van der Waals surface area contributed by atoms with Crippen molar-refractivity contribution in [2.45, 2.75) is 6.92 Å². The number of ether oxygens (including phenoxy) is 1. The van der Waals surface area contributed by atoms with Gasteiger partial charge in [-0.3, -0.25) is 4.79 Å². The van der Waals surface area contributed by atoms with Crippen molar-refractivity contribution in [3.8, 4) is 0 Å². The third-order valence-electron chi connectivity index (χ3n) is 5.09. The van der Waals surface area contributed by atoms with Gasteiger partial charge in [-0.15, -0.1) is 0 Å². The molecule has 8 heteroatoms. The third-order valence-corrected chi connectivity index (χ3v) is 5.32. The topological polar surface area (TPSA) is 61.8 Å². The average molecular weight is 402 g/mol. The van der Waals surface area contributed by atoms with Gasteiger partial charge in [-0.25, -0.2) is 4.98 Å². The predicted molar refractivity (Wildman–Crippen MR) is 109 cm³/mol. The van der Waals surface area contributed by atoms with E-state index >= 15 is 0 Å². The first kappa shape index (κ1) is 19.0. The fourth-order valence-corrected chi connectivity index (χ4v) is 3.74. The number of anilines is 2. The van der Waals surface area contributed by atoms with E-state index in [1.807, 2.05) is 17.9 Å². The van der Waals surface area contributed by atoms with Crippen LogP contribution in [0.15, 0.2) is 30.3 Å².